The van der Waals surface area contributed by atoms with Crippen molar-refractivity contribution < 1.29 is 9.94 Å². The van der Waals surface area contributed by atoms with Crippen LogP contribution in [0.5, 0.6) is 0 Å². The van der Waals surface area contributed by atoms with Gasteiger partial charge in [-0.1, -0.05) is 60.6 Å². The monoisotopic (exact) mass is 301 g/mol. The molecule has 0 saturated heterocycles. The summed E-state index contributed by atoms with van der Waals surface area (Å²) >= 11 is 1.61. The van der Waals surface area contributed by atoms with E-state index in [1.165, 1.54) is 6.21 Å². The molecule has 21 heavy (non-hydrogen) atoms. The molecule has 0 amide bonds. The predicted molar refractivity (Wildman–Crippen MR) is 87.5 cm³/mol. The molecule has 0 bridgehead atoms. The molecule has 110 valence electrons. The molecule has 0 saturated carbocycles. The first kappa shape index (κ1) is 15.6. The lowest BCUT2D eigenvalue weighted by Crippen LogP contribution is -2.21. The zero-order valence-corrected chi connectivity index (χ0v) is 12.7. The van der Waals surface area contributed by atoms with E-state index in [4.69, 9.17) is 4.84 Å². The molecule has 0 aromatic heterocycles. The summed E-state index contributed by atoms with van der Waals surface area (Å²) in [6.07, 6.45) is 0.801. The first-order chi connectivity index (χ1) is 10.3. The Morgan fingerprint density at radius 1 is 1.10 bits per heavy atom. The maximum Gasteiger partial charge on any atom is 0.142 e. The summed E-state index contributed by atoms with van der Waals surface area (Å²) in [7, 11) is 0. The van der Waals surface area contributed by atoms with Crippen molar-refractivity contribution in [1.29, 1.82) is 0 Å². The lowest BCUT2D eigenvalue weighted by Gasteiger charge is -2.14. The molecule has 2 aromatic rings. The molecule has 4 heteroatoms. The summed E-state index contributed by atoms with van der Waals surface area (Å²) < 4.78 is 0. The number of thioether (sulfide) groups is 1. The Morgan fingerprint density at radius 3 is 2.38 bits per heavy atom. The van der Waals surface area contributed by atoms with Gasteiger partial charge in [0.15, 0.2) is 0 Å². The minimum Gasteiger partial charge on any atom is -0.391 e. The van der Waals surface area contributed by atoms with Gasteiger partial charge < -0.3 is 9.94 Å². The van der Waals surface area contributed by atoms with Gasteiger partial charge in [0, 0.05) is 10.1 Å². The van der Waals surface area contributed by atoms with Crippen molar-refractivity contribution in [3.63, 3.8) is 0 Å². The third-order valence-corrected chi connectivity index (χ3v) is 4.10. The summed E-state index contributed by atoms with van der Waals surface area (Å²) in [5.74, 6) is 0. The Morgan fingerprint density at radius 2 is 1.71 bits per heavy atom. The minimum atomic E-state index is -0.647. The molecule has 1 N–H and O–H groups in total. The minimum absolute atomic E-state index is 0.0106. The first-order valence-corrected chi connectivity index (χ1v) is 7.73. The van der Waals surface area contributed by atoms with Crippen molar-refractivity contribution in [3.05, 3.63) is 66.2 Å². The lowest BCUT2D eigenvalue weighted by molar-refractivity contribution is 0.127. The molecular formula is C17H19NO2S. The van der Waals surface area contributed by atoms with Gasteiger partial charge in [0.25, 0.3) is 0 Å². The third-order valence-electron chi connectivity index (χ3n) is 2.91. The van der Waals surface area contributed by atoms with E-state index in [0.29, 0.717) is 6.61 Å². The first-order valence-electron chi connectivity index (χ1n) is 6.85. The van der Waals surface area contributed by atoms with E-state index >= 15 is 0 Å². The molecule has 0 radical (unpaired) electrons. The Labute approximate surface area is 129 Å². The van der Waals surface area contributed by atoms with Crippen LogP contribution in [-0.2, 0) is 11.4 Å². The molecule has 0 unspecified atom stereocenters. The van der Waals surface area contributed by atoms with Crippen molar-refractivity contribution in [2.75, 3.05) is 0 Å². The number of hydrogen-bond donors (Lipinski definition) is 1. The molecule has 2 aromatic carbocycles. The van der Waals surface area contributed by atoms with Crippen molar-refractivity contribution in [3.8, 4) is 0 Å². The SMILES string of the molecule is C[C@@H](Sc1ccccc1)[C@@H](O)/C=N/OCc1ccccc1. The van der Waals surface area contributed by atoms with Gasteiger partial charge in [0.1, 0.15) is 12.7 Å². The van der Waals surface area contributed by atoms with Crippen molar-refractivity contribution in [2.24, 2.45) is 5.16 Å². The smallest absolute Gasteiger partial charge is 0.142 e. The summed E-state index contributed by atoms with van der Waals surface area (Å²) in [6.45, 7) is 2.37. The van der Waals surface area contributed by atoms with Crippen LogP contribution in [0.25, 0.3) is 0 Å². The highest BCUT2D eigenvalue weighted by atomic mass is 32.2. The Balaban J connectivity index is 1.75. The topological polar surface area (TPSA) is 41.8 Å². The second-order valence-electron chi connectivity index (χ2n) is 4.64. The van der Waals surface area contributed by atoms with Gasteiger partial charge >= 0.3 is 0 Å². The summed E-state index contributed by atoms with van der Waals surface area (Å²) in [5, 5.41) is 13.9. The second-order valence-corrected chi connectivity index (χ2v) is 6.09. The van der Waals surface area contributed by atoms with Crippen LogP contribution in [0, 0.1) is 0 Å². The normalized spacial score (nSPS) is 14.0. The summed E-state index contributed by atoms with van der Waals surface area (Å²) in [6, 6.07) is 19.8. The molecule has 0 aliphatic heterocycles. The molecule has 3 nitrogen and oxygen atoms in total. The van der Waals surface area contributed by atoms with E-state index in [1.807, 2.05) is 67.6 Å². The largest absolute Gasteiger partial charge is 0.391 e. The molecular weight excluding hydrogens is 282 g/mol. The zero-order chi connectivity index (χ0) is 14.9. The maximum absolute atomic E-state index is 10.0. The summed E-state index contributed by atoms with van der Waals surface area (Å²) in [5.41, 5.74) is 1.05. The molecule has 2 atom stereocenters. The number of aliphatic hydroxyl groups is 1. The number of rotatable bonds is 7. The molecule has 0 spiro atoms. The van der Waals surface area contributed by atoms with E-state index in [0.717, 1.165) is 10.5 Å². The van der Waals surface area contributed by atoms with Crippen molar-refractivity contribution >= 4 is 18.0 Å². The highest BCUT2D eigenvalue weighted by Crippen LogP contribution is 2.24. The predicted octanol–water partition coefficient (Wildman–Crippen LogP) is 3.73. The van der Waals surface area contributed by atoms with E-state index in [1.54, 1.807) is 11.8 Å². The average Bonchev–Trinajstić information content (AvgIpc) is 2.53. The van der Waals surface area contributed by atoms with Gasteiger partial charge in [0.2, 0.25) is 0 Å². The third kappa shape index (κ3) is 5.61. The average molecular weight is 301 g/mol. The molecule has 0 heterocycles. The Bertz CT molecular complexity index is 545. The van der Waals surface area contributed by atoms with Crippen molar-refractivity contribution in [1.82, 2.24) is 0 Å². The number of oxime groups is 1. The van der Waals surface area contributed by atoms with Crippen LogP contribution in [0.15, 0.2) is 70.7 Å². The second kappa shape index (κ2) is 8.49. The van der Waals surface area contributed by atoms with Crippen molar-refractivity contribution in [2.45, 2.75) is 29.8 Å². The zero-order valence-electron chi connectivity index (χ0n) is 11.9. The number of aliphatic hydroxyl groups excluding tert-OH is 1. The van der Waals surface area contributed by atoms with Gasteiger partial charge in [-0.2, -0.15) is 0 Å². The highest BCUT2D eigenvalue weighted by Gasteiger charge is 2.13. The van der Waals surface area contributed by atoms with Crippen LogP contribution < -0.4 is 0 Å². The lowest BCUT2D eigenvalue weighted by atomic mass is 10.2. The quantitative estimate of drug-likeness (QED) is 0.481. The standard InChI is InChI=1S/C17H19NO2S/c1-14(21-16-10-6-3-7-11-16)17(19)12-18-20-13-15-8-4-2-5-9-15/h2-12,14,17,19H,13H2,1H3/b18-12+/t14-,17+/m1/s1. The van der Waals surface area contributed by atoms with Crippen LogP contribution >= 0.6 is 11.8 Å². The maximum atomic E-state index is 10.0. The van der Waals surface area contributed by atoms with E-state index in [9.17, 15) is 5.11 Å². The van der Waals surface area contributed by atoms with Gasteiger partial charge in [-0.25, -0.2) is 0 Å². The van der Waals surface area contributed by atoms with Crippen LogP contribution in [0.4, 0.5) is 0 Å². The van der Waals surface area contributed by atoms with Crippen LogP contribution in [-0.4, -0.2) is 22.7 Å². The fourth-order valence-electron chi connectivity index (χ4n) is 1.70. The number of benzene rings is 2. The van der Waals surface area contributed by atoms with Crippen LogP contribution in [0.3, 0.4) is 0 Å². The number of hydrogen-bond acceptors (Lipinski definition) is 4. The summed E-state index contributed by atoms with van der Waals surface area (Å²) in [4.78, 5) is 6.32. The molecule has 0 fully saturated rings. The fraction of sp³-hybridized carbons (Fsp3) is 0.235. The van der Waals surface area contributed by atoms with Gasteiger partial charge in [-0.05, 0) is 17.7 Å². The molecule has 0 aliphatic carbocycles. The Hall–Kier alpha value is -1.78. The van der Waals surface area contributed by atoms with E-state index in [-0.39, 0.29) is 5.25 Å². The highest BCUT2D eigenvalue weighted by molar-refractivity contribution is 8.00. The van der Waals surface area contributed by atoms with E-state index in [2.05, 4.69) is 5.16 Å². The fourth-order valence-corrected chi connectivity index (χ4v) is 2.65. The van der Waals surface area contributed by atoms with Gasteiger partial charge in [-0.3, -0.25) is 0 Å². The number of nitrogens with zero attached hydrogens (tertiary/aromatic N) is 1. The molecule has 2 rings (SSSR count). The van der Waals surface area contributed by atoms with Gasteiger partial charge in [-0.15, -0.1) is 11.8 Å². The van der Waals surface area contributed by atoms with Crippen LogP contribution in [0.1, 0.15) is 12.5 Å². The van der Waals surface area contributed by atoms with Crippen LogP contribution in [0.2, 0.25) is 0 Å². The molecule has 0 aliphatic rings. The Kier molecular flexibility index (Phi) is 6.31. The van der Waals surface area contributed by atoms with E-state index < -0.39 is 6.10 Å². The van der Waals surface area contributed by atoms with Gasteiger partial charge in [0.05, 0.1) is 6.21 Å².